The summed E-state index contributed by atoms with van der Waals surface area (Å²) in [7, 11) is -12.9. The largest absolute Gasteiger partial charge is 0.395 e. The number of aliphatic hydroxyl groups excluding tert-OH is 2. The second-order valence-corrected chi connectivity index (χ2v) is 14.3. The first-order chi connectivity index (χ1) is 21.6. The van der Waals surface area contributed by atoms with Crippen molar-refractivity contribution in [3.8, 4) is 6.07 Å². The average Bonchev–Trinajstić information content (AvgIpc) is 2.98. The minimum atomic E-state index is -4.91. The Balaban J connectivity index is 2.02. The van der Waals surface area contributed by atoms with Gasteiger partial charge in [-0.05, 0) is 49.4 Å². The highest BCUT2D eigenvalue weighted by Gasteiger charge is 2.20. The minimum absolute atomic E-state index is 0.0104. The van der Waals surface area contributed by atoms with E-state index >= 15 is 0 Å². The van der Waals surface area contributed by atoms with E-state index in [1.807, 2.05) is 6.07 Å². The van der Waals surface area contributed by atoms with Gasteiger partial charge >= 0.3 is 0 Å². The van der Waals surface area contributed by atoms with E-state index < -0.39 is 53.1 Å². The smallest absolute Gasteiger partial charge is 0.296 e. The Bertz CT molecular complexity index is 2010. The van der Waals surface area contributed by atoms with Crippen molar-refractivity contribution < 1.29 is 44.6 Å². The van der Waals surface area contributed by atoms with Crippen molar-refractivity contribution in [2.45, 2.75) is 16.7 Å². The number of sulfone groups is 1. The molecule has 0 atom stereocenters. The van der Waals surface area contributed by atoms with Crippen LogP contribution in [0.1, 0.15) is 11.1 Å². The summed E-state index contributed by atoms with van der Waals surface area (Å²) in [4.78, 5) is 3.19. The zero-order valence-corrected chi connectivity index (χ0v) is 26.4. The van der Waals surface area contributed by atoms with E-state index in [1.54, 1.807) is 0 Å². The van der Waals surface area contributed by atoms with E-state index in [1.165, 1.54) is 25.1 Å². The van der Waals surface area contributed by atoms with E-state index in [0.29, 0.717) is 0 Å². The number of anilines is 2. The predicted molar refractivity (Wildman–Crippen MR) is 164 cm³/mol. The summed E-state index contributed by atoms with van der Waals surface area (Å²) in [6.07, 6.45) is 0. The van der Waals surface area contributed by atoms with Gasteiger partial charge in [0.1, 0.15) is 28.2 Å². The zero-order chi connectivity index (χ0) is 34.1. The Hall–Kier alpha value is -4.43. The van der Waals surface area contributed by atoms with Gasteiger partial charge in [0.15, 0.2) is 15.7 Å². The van der Waals surface area contributed by atoms with Gasteiger partial charge in [-0.2, -0.15) is 32.3 Å². The molecule has 3 rings (SSSR count). The van der Waals surface area contributed by atoms with E-state index in [2.05, 4.69) is 36.1 Å². The molecule has 3 aromatic rings. The monoisotopic (exact) mass is 696 g/mol. The number of nitrogens with one attached hydrogen (secondary N) is 2. The van der Waals surface area contributed by atoms with Crippen molar-refractivity contribution in [1.29, 1.82) is 5.26 Å². The normalized spacial score (nSPS) is 12.4. The van der Waals surface area contributed by atoms with Crippen molar-refractivity contribution in [1.82, 2.24) is 4.98 Å². The number of aliphatic hydroxyl groups is 2. The Labute approximate surface area is 264 Å². The second kappa shape index (κ2) is 15.2. The van der Waals surface area contributed by atoms with Gasteiger partial charge in [0.2, 0.25) is 0 Å². The Morgan fingerprint density at radius 2 is 1.41 bits per heavy atom. The van der Waals surface area contributed by atoms with Crippen molar-refractivity contribution in [2.24, 2.45) is 20.5 Å². The zero-order valence-electron chi connectivity index (χ0n) is 23.9. The van der Waals surface area contributed by atoms with E-state index in [9.17, 15) is 40.2 Å². The van der Waals surface area contributed by atoms with Crippen LogP contribution in [0.5, 0.6) is 0 Å². The third-order valence-corrected chi connectivity index (χ3v) is 9.31. The van der Waals surface area contributed by atoms with E-state index in [4.69, 9.17) is 9.66 Å². The lowest BCUT2D eigenvalue weighted by Gasteiger charge is -2.15. The molecule has 6 N–H and O–H groups in total. The molecule has 0 spiro atoms. The molecule has 21 heteroatoms. The highest BCUT2D eigenvalue weighted by atomic mass is 32.2. The highest BCUT2D eigenvalue weighted by Crippen LogP contribution is 2.36. The number of pyridine rings is 1. The molecule has 0 radical (unpaired) electrons. The van der Waals surface area contributed by atoms with Crippen LogP contribution in [0.4, 0.5) is 34.4 Å². The SMILES string of the molecule is Cc1c(C#N)c(NCCO)nc(NCCS(=O)(=O)CCO)c1N=Nc1ccc(N=Nc2ccc(S(=O)(=O)O)cc2)cc1S(=O)(=O)O. The van der Waals surface area contributed by atoms with Gasteiger partial charge in [-0.3, -0.25) is 9.11 Å². The Morgan fingerprint density at radius 3 is 2.00 bits per heavy atom. The molecule has 0 aliphatic rings. The van der Waals surface area contributed by atoms with Gasteiger partial charge in [0, 0.05) is 18.7 Å². The summed E-state index contributed by atoms with van der Waals surface area (Å²) in [5.74, 6) is -0.843. The third-order valence-electron chi connectivity index (χ3n) is 5.93. The van der Waals surface area contributed by atoms with Crippen LogP contribution in [0, 0.1) is 18.3 Å². The van der Waals surface area contributed by atoms with Crippen molar-refractivity contribution >= 4 is 64.5 Å². The van der Waals surface area contributed by atoms with Crippen LogP contribution in [-0.2, 0) is 30.1 Å². The number of azo groups is 2. The summed E-state index contributed by atoms with van der Waals surface area (Å²) >= 11 is 0. The predicted octanol–water partition coefficient (Wildman–Crippen LogP) is 2.81. The number of benzene rings is 2. The molecule has 1 heterocycles. The van der Waals surface area contributed by atoms with Crippen molar-refractivity contribution in [3.05, 3.63) is 53.6 Å². The number of hydrogen-bond acceptors (Lipinski definition) is 16. The summed E-state index contributed by atoms with van der Waals surface area (Å²) in [5, 5.41) is 49.2. The van der Waals surface area contributed by atoms with Crippen LogP contribution >= 0.6 is 0 Å². The Morgan fingerprint density at radius 1 is 0.783 bits per heavy atom. The van der Waals surface area contributed by atoms with Gasteiger partial charge in [-0.1, -0.05) is 0 Å². The van der Waals surface area contributed by atoms with Gasteiger partial charge in [-0.15, -0.1) is 10.2 Å². The van der Waals surface area contributed by atoms with Gasteiger partial charge < -0.3 is 20.8 Å². The molecule has 0 aliphatic heterocycles. The second-order valence-electron chi connectivity index (χ2n) is 9.22. The first-order valence-corrected chi connectivity index (χ1v) is 17.7. The summed E-state index contributed by atoms with van der Waals surface area (Å²) in [6.45, 7) is 0.484. The maximum atomic E-state index is 12.2. The molecule has 2 aromatic carbocycles. The van der Waals surface area contributed by atoms with Gasteiger partial charge in [0.25, 0.3) is 20.2 Å². The number of hydrogen-bond donors (Lipinski definition) is 6. The molecule has 18 nitrogen and oxygen atoms in total. The number of rotatable bonds is 15. The Kier molecular flexibility index (Phi) is 11.9. The lowest BCUT2D eigenvalue weighted by atomic mass is 10.1. The van der Waals surface area contributed by atoms with Crippen LogP contribution in [0.25, 0.3) is 0 Å². The number of nitrogens with zero attached hydrogens (tertiary/aromatic N) is 6. The molecule has 1 aromatic heterocycles. The first kappa shape index (κ1) is 36.0. The van der Waals surface area contributed by atoms with Gasteiger partial charge in [0.05, 0.1) is 46.6 Å². The van der Waals surface area contributed by atoms with Crippen LogP contribution in [0.2, 0.25) is 0 Å². The van der Waals surface area contributed by atoms with Crippen LogP contribution in [-0.4, -0.2) is 87.4 Å². The van der Waals surface area contributed by atoms with Crippen LogP contribution in [0.15, 0.2) is 72.7 Å². The lowest BCUT2D eigenvalue weighted by Crippen LogP contribution is -2.21. The number of nitriles is 1. The van der Waals surface area contributed by atoms with Crippen molar-refractivity contribution in [3.63, 3.8) is 0 Å². The van der Waals surface area contributed by atoms with Crippen molar-refractivity contribution in [2.75, 3.05) is 48.4 Å². The standard InChI is InChI=1S/C25H28N8O10S3/c1-16-20(15-26)24(27-8-10-34)29-25(28-9-12-44(36,37)13-11-35)23(16)33-32-21-7-4-18(14-22(21)46(41,42)43)31-30-17-2-5-19(6-3-17)45(38,39)40/h2-7,14,34-35H,8-13H2,1H3,(H2,27,28,29)(H,38,39,40)(H,41,42,43). The van der Waals surface area contributed by atoms with Crippen LogP contribution < -0.4 is 10.6 Å². The molecular formula is C25H28N8O10S3. The topological polar surface area (TPSA) is 294 Å². The maximum Gasteiger partial charge on any atom is 0.296 e. The molecule has 0 saturated carbocycles. The quantitative estimate of drug-likeness (QED) is 0.0984. The first-order valence-electron chi connectivity index (χ1n) is 13.0. The van der Waals surface area contributed by atoms with Crippen LogP contribution in [0.3, 0.4) is 0 Å². The molecule has 46 heavy (non-hydrogen) atoms. The fraction of sp³-hybridized carbons (Fsp3) is 0.280. The molecular weight excluding hydrogens is 669 g/mol. The fourth-order valence-electron chi connectivity index (χ4n) is 3.70. The third kappa shape index (κ3) is 9.78. The molecule has 0 fully saturated rings. The highest BCUT2D eigenvalue weighted by molar-refractivity contribution is 7.91. The minimum Gasteiger partial charge on any atom is -0.395 e. The fourth-order valence-corrected chi connectivity index (χ4v) is 5.72. The van der Waals surface area contributed by atoms with Gasteiger partial charge in [-0.25, -0.2) is 13.4 Å². The van der Waals surface area contributed by atoms with E-state index in [-0.39, 0.29) is 70.1 Å². The number of aromatic nitrogens is 1. The van der Waals surface area contributed by atoms with E-state index in [0.717, 1.165) is 24.3 Å². The maximum absolute atomic E-state index is 12.2. The summed E-state index contributed by atoms with van der Waals surface area (Å²) in [5.41, 5.74) is -0.0971. The molecule has 0 saturated heterocycles. The summed E-state index contributed by atoms with van der Waals surface area (Å²) in [6, 6.07) is 9.98. The molecule has 0 bridgehead atoms. The average molecular weight is 697 g/mol. The molecule has 246 valence electrons. The summed E-state index contributed by atoms with van der Waals surface area (Å²) < 4.78 is 89.9. The lowest BCUT2D eigenvalue weighted by molar-refractivity contribution is 0.311. The molecule has 0 aliphatic carbocycles. The molecule has 0 amide bonds. The molecule has 0 unspecified atom stereocenters.